The van der Waals surface area contributed by atoms with Crippen LogP contribution in [-0.4, -0.2) is 6.04 Å². The number of rotatable bonds is 0. The number of nitrogens with one attached hydrogen (secondary N) is 1. The van der Waals surface area contributed by atoms with Crippen molar-refractivity contribution in [3.63, 3.8) is 0 Å². The number of para-hydroxylation sites is 1. The van der Waals surface area contributed by atoms with Crippen LogP contribution in [0, 0.1) is 0 Å². The van der Waals surface area contributed by atoms with E-state index in [4.69, 9.17) is 5.73 Å². The number of benzene rings is 1. The van der Waals surface area contributed by atoms with Gasteiger partial charge in [0, 0.05) is 17.8 Å². The first-order valence-electron chi connectivity index (χ1n) is 4.38. The minimum atomic E-state index is 0.206. The molecule has 0 spiro atoms. The lowest BCUT2D eigenvalue weighted by atomic mass is 9.95. The summed E-state index contributed by atoms with van der Waals surface area (Å²) in [6, 6.07) is 8.96. The Bertz CT molecular complexity index is 283. The lowest BCUT2D eigenvalue weighted by Gasteiger charge is -2.28. The molecule has 1 aliphatic rings. The maximum absolute atomic E-state index is 6.00. The zero-order chi connectivity index (χ0) is 8.55. The number of fused-ring (bicyclic) bond motifs is 1. The van der Waals surface area contributed by atoms with Crippen LogP contribution >= 0.6 is 0 Å². The molecule has 2 heteroatoms. The first-order chi connectivity index (χ1) is 5.77. The highest BCUT2D eigenvalue weighted by molar-refractivity contribution is 5.55. The lowest BCUT2D eigenvalue weighted by Crippen LogP contribution is -2.29. The molecule has 12 heavy (non-hydrogen) atoms. The summed E-state index contributed by atoms with van der Waals surface area (Å²) in [4.78, 5) is 0. The Kier molecular flexibility index (Phi) is 1.77. The van der Waals surface area contributed by atoms with Gasteiger partial charge in [0.2, 0.25) is 0 Å². The second-order valence-electron chi connectivity index (χ2n) is 3.47. The average molecular weight is 162 g/mol. The summed E-state index contributed by atoms with van der Waals surface area (Å²) in [7, 11) is 0. The van der Waals surface area contributed by atoms with E-state index in [1.165, 1.54) is 11.3 Å². The number of hydrogen-bond donors (Lipinski definition) is 2. The van der Waals surface area contributed by atoms with Crippen LogP contribution in [0.1, 0.15) is 24.9 Å². The summed E-state index contributed by atoms with van der Waals surface area (Å²) >= 11 is 0. The fourth-order valence-corrected chi connectivity index (χ4v) is 1.78. The van der Waals surface area contributed by atoms with E-state index in [-0.39, 0.29) is 6.04 Å². The van der Waals surface area contributed by atoms with Gasteiger partial charge in [0.25, 0.3) is 0 Å². The van der Waals surface area contributed by atoms with Crippen molar-refractivity contribution in [3.05, 3.63) is 29.8 Å². The summed E-state index contributed by atoms with van der Waals surface area (Å²) in [5.41, 5.74) is 8.44. The molecule has 0 saturated heterocycles. The SMILES string of the molecule is CC1CC(N)c2ccccc2N1. The van der Waals surface area contributed by atoms with Gasteiger partial charge in [-0.2, -0.15) is 0 Å². The van der Waals surface area contributed by atoms with Crippen LogP contribution in [0.5, 0.6) is 0 Å². The smallest absolute Gasteiger partial charge is 0.0390 e. The van der Waals surface area contributed by atoms with Crippen LogP contribution in [0.3, 0.4) is 0 Å². The third-order valence-electron chi connectivity index (χ3n) is 2.37. The molecule has 0 amide bonds. The van der Waals surface area contributed by atoms with Gasteiger partial charge in [-0.1, -0.05) is 18.2 Å². The molecule has 0 saturated carbocycles. The molecule has 2 unspecified atom stereocenters. The zero-order valence-corrected chi connectivity index (χ0v) is 7.25. The molecule has 0 aromatic heterocycles. The molecule has 0 aliphatic carbocycles. The van der Waals surface area contributed by atoms with Crippen molar-refractivity contribution in [1.29, 1.82) is 0 Å². The summed E-state index contributed by atoms with van der Waals surface area (Å²) in [6.07, 6.45) is 1.02. The van der Waals surface area contributed by atoms with Crippen LogP contribution < -0.4 is 11.1 Å². The highest BCUT2D eigenvalue weighted by atomic mass is 14.9. The Morgan fingerprint density at radius 1 is 1.42 bits per heavy atom. The van der Waals surface area contributed by atoms with E-state index < -0.39 is 0 Å². The summed E-state index contributed by atoms with van der Waals surface area (Å²) < 4.78 is 0. The van der Waals surface area contributed by atoms with Crippen molar-refractivity contribution in [3.8, 4) is 0 Å². The van der Waals surface area contributed by atoms with Crippen molar-refractivity contribution in [2.75, 3.05) is 5.32 Å². The Hall–Kier alpha value is -1.02. The standard InChI is InChI=1S/C10H14N2/c1-7-6-9(11)8-4-2-3-5-10(8)12-7/h2-5,7,9,12H,6,11H2,1H3. The van der Waals surface area contributed by atoms with E-state index in [0.717, 1.165) is 6.42 Å². The second-order valence-corrected chi connectivity index (χ2v) is 3.47. The van der Waals surface area contributed by atoms with Gasteiger partial charge in [0.1, 0.15) is 0 Å². The van der Waals surface area contributed by atoms with Crippen LogP contribution in [0.25, 0.3) is 0 Å². The molecule has 0 radical (unpaired) electrons. The molecule has 2 rings (SSSR count). The topological polar surface area (TPSA) is 38.0 Å². The largest absolute Gasteiger partial charge is 0.382 e. The van der Waals surface area contributed by atoms with Crippen molar-refractivity contribution in [1.82, 2.24) is 0 Å². The molecule has 1 aromatic carbocycles. The predicted molar refractivity (Wildman–Crippen MR) is 51.1 cm³/mol. The van der Waals surface area contributed by atoms with Gasteiger partial charge in [-0.25, -0.2) is 0 Å². The fraction of sp³-hybridized carbons (Fsp3) is 0.400. The molecular formula is C10H14N2. The molecule has 1 aromatic rings. The van der Waals surface area contributed by atoms with Gasteiger partial charge in [-0.15, -0.1) is 0 Å². The van der Waals surface area contributed by atoms with Crippen LogP contribution in [-0.2, 0) is 0 Å². The van der Waals surface area contributed by atoms with Gasteiger partial charge in [-0.3, -0.25) is 0 Å². The predicted octanol–water partition coefficient (Wildman–Crippen LogP) is 1.89. The Morgan fingerprint density at radius 3 is 3.00 bits per heavy atom. The minimum absolute atomic E-state index is 0.206. The molecule has 1 heterocycles. The Balaban J connectivity index is 2.40. The van der Waals surface area contributed by atoms with Crippen LogP contribution in [0.4, 0.5) is 5.69 Å². The van der Waals surface area contributed by atoms with Crippen molar-refractivity contribution in [2.45, 2.75) is 25.4 Å². The number of anilines is 1. The van der Waals surface area contributed by atoms with E-state index in [1.54, 1.807) is 0 Å². The van der Waals surface area contributed by atoms with E-state index in [1.807, 2.05) is 12.1 Å². The van der Waals surface area contributed by atoms with Crippen LogP contribution in [0.2, 0.25) is 0 Å². The van der Waals surface area contributed by atoms with Crippen molar-refractivity contribution < 1.29 is 0 Å². The highest BCUT2D eigenvalue weighted by Gasteiger charge is 2.19. The third-order valence-corrected chi connectivity index (χ3v) is 2.37. The molecule has 2 atom stereocenters. The summed E-state index contributed by atoms with van der Waals surface area (Å²) in [5.74, 6) is 0. The molecule has 64 valence electrons. The third kappa shape index (κ3) is 1.18. The number of hydrogen-bond acceptors (Lipinski definition) is 2. The normalized spacial score (nSPS) is 27.5. The molecule has 0 bridgehead atoms. The summed E-state index contributed by atoms with van der Waals surface area (Å²) in [6.45, 7) is 2.16. The Labute approximate surface area is 72.8 Å². The van der Waals surface area contributed by atoms with E-state index >= 15 is 0 Å². The zero-order valence-electron chi connectivity index (χ0n) is 7.25. The molecular weight excluding hydrogens is 148 g/mol. The van der Waals surface area contributed by atoms with Crippen molar-refractivity contribution >= 4 is 5.69 Å². The van der Waals surface area contributed by atoms with E-state index in [0.29, 0.717) is 6.04 Å². The quantitative estimate of drug-likeness (QED) is 0.611. The molecule has 2 nitrogen and oxygen atoms in total. The Morgan fingerprint density at radius 2 is 2.17 bits per heavy atom. The average Bonchev–Trinajstić information content (AvgIpc) is 2.04. The van der Waals surface area contributed by atoms with Crippen LogP contribution in [0.15, 0.2) is 24.3 Å². The first kappa shape index (κ1) is 7.62. The first-order valence-corrected chi connectivity index (χ1v) is 4.38. The second kappa shape index (κ2) is 2.79. The lowest BCUT2D eigenvalue weighted by molar-refractivity contribution is 0.571. The molecule has 0 fully saturated rings. The summed E-state index contributed by atoms with van der Waals surface area (Å²) in [5, 5.41) is 3.41. The van der Waals surface area contributed by atoms with Gasteiger partial charge >= 0.3 is 0 Å². The minimum Gasteiger partial charge on any atom is -0.382 e. The van der Waals surface area contributed by atoms with Gasteiger partial charge in [-0.05, 0) is 25.0 Å². The monoisotopic (exact) mass is 162 g/mol. The highest BCUT2D eigenvalue weighted by Crippen LogP contribution is 2.29. The maximum atomic E-state index is 6.00. The molecule has 1 aliphatic heterocycles. The van der Waals surface area contributed by atoms with Gasteiger partial charge < -0.3 is 11.1 Å². The fourth-order valence-electron chi connectivity index (χ4n) is 1.78. The van der Waals surface area contributed by atoms with E-state index in [9.17, 15) is 0 Å². The van der Waals surface area contributed by atoms with Crippen molar-refractivity contribution in [2.24, 2.45) is 5.73 Å². The van der Waals surface area contributed by atoms with Gasteiger partial charge in [0.05, 0.1) is 0 Å². The van der Waals surface area contributed by atoms with E-state index in [2.05, 4.69) is 24.4 Å². The van der Waals surface area contributed by atoms with Gasteiger partial charge in [0.15, 0.2) is 0 Å². The molecule has 3 N–H and O–H groups in total. The number of nitrogens with two attached hydrogens (primary N) is 1. The maximum Gasteiger partial charge on any atom is 0.0390 e.